The van der Waals surface area contributed by atoms with E-state index in [2.05, 4.69) is 9.78 Å². The average molecular weight is 358 g/mol. The van der Waals surface area contributed by atoms with Crippen molar-refractivity contribution in [1.29, 1.82) is 0 Å². The van der Waals surface area contributed by atoms with Gasteiger partial charge in [0.1, 0.15) is 73.2 Å². The molecule has 2 aliphatic carbocycles. The van der Waals surface area contributed by atoms with Crippen LogP contribution in [0.3, 0.4) is 0 Å². The number of rotatable bonds is 3. The summed E-state index contributed by atoms with van der Waals surface area (Å²) in [5, 5.41) is 96.0. The predicted octanol–water partition coefficient (Wildman–Crippen LogP) is -6.69. The Hall–Kier alpha value is -0.480. The van der Waals surface area contributed by atoms with E-state index in [0.717, 1.165) is 0 Å². The molecule has 0 heterocycles. The van der Waals surface area contributed by atoms with Crippen molar-refractivity contribution in [3.8, 4) is 0 Å². The second kappa shape index (κ2) is 7.41. The minimum absolute atomic E-state index is 1.78. The van der Waals surface area contributed by atoms with Crippen LogP contribution in [0.1, 0.15) is 0 Å². The van der Waals surface area contributed by atoms with E-state index in [4.69, 9.17) is 0 Å². The Morgan fingerprint density at radius 1 is 0.292 bits per heavy atom. The highest BCUT2D eigenvalue weighted by Crippen LogP contribution is 2.28. The first-order valence-electron chi connectivity index (χ1n) is 7.22. The summed E-state index contributed by atoms with van der Waals surface area (Å²) in [6.07, 6.45) is -22.3. The molecule has 2 saturated carbocycles. The Morgan fingerprint density at radius 3 is 0.667 bits per heavy atom. The monoisotopic (exact) mass is 358 g/mol. The van der Waals surface area contributed by atoms with E-state index in [0.29, 0.717) is 0 Å². The van der Waals surface area contributed by atoms with Crippen molar-refractivity contribution in [2.45, 2.75) is 73.2 Å². The van der Waals surface area contributed by atoms with Gasteiger partial charge in [0.05, 0.1) is 0 Å². The van der Waals surface area contributed by atoms with Gasteiger partial charge in [0.2, 0.25) is 0 Å². The summed E-state index contributed by atoms with van der Waals surface area (Å²) in [4.78, 5) is 9.31. The molecule has 12 heteroatoms. The van der Waals surface area contributed by atoms with Crippen molar-refractivity contribution in [2.24, 2.45) is 0 Å². The molecule has 2 rings (SSSR count). The quantitative estimate of drug-likeness (QED) is 0.168. The molecule has 10 N–H and O–H groups in total. The van der Waals surface area contributed by atoms with Gasteiger partial charge in [-0.3, -0.25) is 0 Å². The minimum Gasteiger partial charge on any atom is -0.387 e. The van der Waals surface area contributed by atoms with Gasteiger partial charge in [-0.2, -0.15) is 0 Å². The van der Waals surface area contributed by atoms with Crippen molar-refractivity contribution in [2.75, 3.05) is 0 Å². The molecular weight excluding hydrogens is 336 g/mol. The van der Waals surface area contributed by atoms with Gasteiger partial charge in [0.25, 0.3) is 0 Å². The van der Waals surface area contributed by atoms with Crippen molar-refractivity contribution in [3.05, 3.63) is 0 Å². The van der Waals surface area contributed by atoms with E-state index in [1.165, 1.54) is 0 Å². The zero-order chi connectivity index (χ0) is 18.3. The van der Waals surface area contributed by atoms with Crippen LogP contribution >= 0.6 is 0 Å². The lowest BCUT2D eigenvalue weighted by molar-refractivity contribution is -0.422. The Labute approximate surface area is 135 Å². The summed E-state index contributed by atoms with van der Waals surface area (Å²) in [7, 11) is 0. The Bertz CT molecular complexity index is 353. The third-order valence-electron chi connectivity index (χ3n) is 4.42. The van der Waals surface area contributed by atoms with Gasteiger partial charge < -0.3 is 51.1 Å². The molecule has 0 aliphatic heterocycles. The van der Waals surface area contributed by atoms with Crippen LogP contribution < -0.4 is 0 Å². The van der Waals surface area contributed by atoms with E-state index >= 15 is 0 Å². The second-order valence-electron chi connectivity index (χ2n) is 6.03. The standard InChI is InChI=1S/C12H22O12/c13-1-3(15)7(19)11(8(20)4(1)16)23-24-12-9(21)5(17)2(14)6(18)10(12)22/h1-22H/t1?,2?,3-,4-,5+,6+,7-,8+,9-,10-,11?,12?/m0/s1. The Morgan fingerprint density at radius 2 is 0.458 bits per heavy atom. The van der Waals surface area contributed by atoms with E-state index < -0.39 is 73.2 Å². The number of hydrogen-bond donors (Lipinski definition) is 10. The van der Waals surface area contributed by atoms with Gasteiger partial charge in [-0.15, -0.1) is 0 Å². The molecule has 10 atom stereocenters. The maximum atomic E-state index is 9.75. The van der Waals surface area contributed by atoms with Crippen LogP contribution in [0.4, 0.5) is 0 Å². The summed E-state index contributed by atoms with van der Waals surface area (Å²) < 4.78 is 0. The molecule has 0 saturated heterocycles. The van der Waals surface area contributed by atoms with Crippen LogP contribution in [-0.2, 0) is 9.78 Å². The van der Waals surface area contributed by atoms with E-state index in [-0.39, 0.29) is 0 Å². The van der Waals surface area contributed by atoms with Crippen LogP contribution in [0.25, 0.3) is 0 Å². The predicted molar refractivity (Wildman–Crippen MR) is 69.8 cm³/mol. The van der Waals surface area contributed by atoms with Crippen molar-refractivity contribution >= 4 is 0 Å². The molecule has 12 nitrogen and oxygen atoms in total. The third kappa shape index (κ3) is 3.29. The number of aliphatic hydroxyl groups excluding tert-OH is 10. The van der Waals surface area contributed by atoms with Gasteiger partial charge in [0, 0.05) is 0 Å². The van der Waals surface area contributed by atoms with E-state index in [9.17, 15) is 51.1 Å². The molecule has 0 spiro atoms. The largest absolute Gasteiger partial charge is 0.387 e. The lowest BCUT2D eigenvalue weighted by atomic mass is 9.84. The Balaban J connectivity index is 2.06. The molecule has 0 aromatic heterocycles. The zero-order valence-corrected chi connectivity index (χ0v) is 12.2. The number of aliphatic hydroxyl groups is 10. The molecule has 24 heavy (non-hydrogen) atoms. The van der Waals surface area contributed by atoms with Gasteiger partial charge in [-0.1, -0.05) is 0 Å². The van der Waals surface area contributed by atoms with Crippen LogP contribution in [0.15, 0.2) is 0 Å². The number of hydrogen-bond acceptors (Lipinski definition) is 12. The molecule has 0 aromatic carbocycles. The summed E-state index contributed by atoms with van der Waals surface area (Å²) in [5.74, 6) is 0. The van der Waals surface area contributed by atoms with E-state index in [1.54, 1.807) is 0 Å². The van der Waals surface area contributed by atoms with Gasteiger partial charge in [-0.25, -0.2) is 9.78 Å². The van der Waals surface area contributed by atoms with Crippen LogP contribution in [0, 0.1) is 0 Å². The molecule has 2 unspecified atom stereocenters. The molecule has 2 fully saturated rings. The topological polar surface area (TPSA) is 221 Å². The summed E-state index contributed by atoms with van der Waals surface area (Å²) in [6, 6.07) is 0. The van der Waals surface area contributed by atoms with Crippen LogP contribution in [-0.4, -0.2) is 124 Å². The fraction of sp³-hybridized carbons (Fsp3) is 1.00. The van der Waals surface area contributed by atoms with Crippen molar-refractivity contribution < 1.29 is 60.8 Å². The lowest BCUT2D eigenvalue weighted by Gasteiger charge is -2.43. The molecule has 2 aliphatic rings. The third-order valence-corrected chi connectivity index (χ3v) is 4.42. The molecule has 0 amide bonds. The van der Waals surface area contributed by atoms with Crippen molar-refractivity contribution in [1.82, 2.24) is 0 Å². The molecular formula is C12H22O12. The average Bonchev–Trinajstić information content (AvgIpc) is 2.57. The molecule has 142 valence electrons. The SMILES string of the molecule is OC1[C@@H](O)[C@H](O)C(OOC2[C@@H](O)[C@@H](O)C(O)[C@H](O)[C@H]2O)[C@@H](O)[C@@H]1O. The highest BCUT2D eigenvalue weighted by Gasteiger charge is 2.53. The van der Waals surface area contributed by atoms with Crippen LogP contribution in [0.5, 0.6) is 0 Å². The summed E-state index contributed by atoms with van der Waals surface area (Å²) in [5.41, 5.74) is 0. The van der Waals surface area contributed by atoms with E-state index in [1.807, 2.05) is 0 Å². The van der Waals surface area contributed by atoms with Crippen molar-refractivity contribution in [3.63, 3.8) is 0 Å². The summed E-state index contributed by atoms with van der Waals surface area (Å²) >= 11 is 0. The van der Waals surface area contributed by atoms with Gasteiger partial charge >= 0.3 is 0 Å². The second-order valence-corrected chi connectivity index (χ2v) is 6.03. The highest BCUT2D eigenvalue weighted by atomic mass is 17.2. The first kappa shape index (κ1) is 19.8. The van der Waals surface area contributed by atoms with Gasteiger partial charge in [0.15, 0.2) is 0 Å². The lowest BCUT2D eigenvalue weighted by Crippen LogP contribution is -2.66. The zero-order valence-electron chi connectivity index (χ0n) is 12.2. The molecule has 0 radical (unpaired) electrons. The van der Waals surface area contributed by atoms with Gasteiger partial charge in [-0.05, 0) is 0 Å². The maximum absolute atomic E-state index is 9.75. The Kier molecular flexibility index (Phi) is 6.12. The first-order chi connectivity index (χ1) is 11.1. The normalized spacial score (nSPS) is 56.2. The smallest absolute Gasteiger partial charge is 0.150 e. The highest BCUT2D eigenvalue weighted by molar-refractivity contribution is 5.00. The summed E-state index contributed by atoms with van der Waals surface area (Å²) in [6.45, 7) is 0. The molecule has 0 bridgehead atoms. The first-order valence-corrected chi connectivity index (χ1v) is 7.22. The maximum Gasteiger partial charge on any atom is 0.150 e. The minimum atomic E-state index is -1.89. The van der Waals surface area contributed by atoms with Crippen LogP contribution in [0.2, 0.25) is 0 Å². The molecule has 0 aromatic rings. The fourth-order valence-corrected chi connectivity index (χ4v) is 2.75. The fourth-order valence-electron chi connectivity index (χ4n) is 2.75.